The summed E-state index contributed by atoms with van der Waals surface area (Å²) in [6.07, 6.45) is 0. The van der Waals surface area contributed by atoms with E-state index in [-0.39, 0.29) is 16.9 Å². The van der Waals surface area contributed by atoms with Gasteiger partial charge in [0.1, 0.15) is 0 Å². The normalized spacial score (nSPS) is 11.6. The number of amides is 2. The minimum Gasteiger partial charge on any atom is -0.339 e. The Hall–Kier alpha value is -3.38. The Labute approximate surface area is 172 Å². The molecule has 0 bridgehead atoms. The highest BCUT2D eigenvalue weighted by molar-refractivity contribution is 8.13. The summed E-state index contributed by atoms with van der Waals surface area (Å²) in [6, 6.07) is 19.7. The maximum Gasteiger partial charge on any atom is 0.286 e. The number of fused-ring (bicyclic) bond motifs is 3. The lowest BCUT2D eigenvalue weighted by atomic mass is 10.0. The SMILES string of the molecule is CN(C)C(=O)Sc1ccccc1NC(=O)c1ccc2c(c1)C(=O)c1ccccc1-2. The van der Waals surface area contributed by atoms with Gasteiger partial charge in [0.15, 0.2) is 5.78 Å². The van der Waals surface area contributed by atoms with Gasteiger partial charge in [-0.15, -0.1) is 0 Å². The van der Waals surface area contributed by atoms with Crippen LogP contribution in [0.2, 0.25) is 0 Å². The number of benzene rings is 3. The van der Waals surface area contributed by atoms with Crippen LogP contribution in [0, 0.1) is 0 Å². The molecule has 5 nitrogen and oxygen atoms in total. The number of rotatable bonds is 3. The van der Waals surface area contributed by atoms with Crippen LogP contribution >= 0.6 is 11.8 Å². The third-order valence-electron chi connectivity index (χ3n) is 4.69. The molecule has 2 amide bonds. The molecular weight excluding hydrogens is 384 g/mol. The maximum absolute atomic E-state index is 12.8. The Morgan fingerprint density at radius 1 is 0.828 bits per heavy atom. The number of carbonyl (C=O) groups is 3. The van der Waals surface area contributed by atoms with Crippen LogP contribution in [0.4, 0.5) is 10.5 Å². The summed E-state index contributed by atoms with van der Waals surface area (Å²) in [6.45, 7) is 0. The van der Waals surface area contributed by atoms with Crippen LogP contribution in [0.25, 0.3) is 11.1 Å². The lowest BCUT2D eigenvalue weighted by Crippen LogP contribution is -2.17. The minimum absolute atomic E-state index is 0.0715. The highest BCUT2D eigenvalue weighted by Crippen LogP contribution is 2.37. The molecule has 4 rings (SSSR count). The topological polar surface area (TPSA) is 66.5 Å². The van der Waals surface area contributed by atoms with E-state index in [1.54, 1.807) is 50.5 Å². The van der Waals surface area contributed by atoms with Crippen molar-refractivity contribution < 1.29 is 14.4 Å². The van der Waals surface area contributed by atoms with Crippen molar-refractivity contribution in [2.75, 3.05) is 19.4 Å². The predicted molar refractivity (Wildman–Crippen MR) is 115 cm³/mol. The molecule has 144 valence electrons. The van der Waals surface area contributed by atoms with Crippen molar-refractivity contribution in [3.63, 3.8) is 0 Å². The summed E-state index contributed by atoms with van der Waals surface area (Å²) < 4.78 is 0. The summed E-state index contributed by atoms with van der Waals surface area (Å²) in [4.78, 5) is 39.7. The molecule has 0 radical (unpaired) electrons. The van der Waals surface area contributed by atoms with Crippen LogP contribution in [0.1, 0.15) is 26.3 Å². The molecule has 1 aliphatic carbocycles. The number of carbonyl (C=O) groups excluding carboxylic acids is 3. The summed E-state index contributed by atoms with van der Waals surface area (Å²) >= 11 is 1.05. The molecular formula is C23H18N2O3S. The minimum atomic E-state index is -0.332. The van der Waals surface area contributed by atoms with E-state index in [1.807, 2.05) is 30.3 Å². The largest absolute Gasteiger partial charge is 0.339 e. The lowest BCUT2D eigenvalue weighted by molar-refractivity contribution is 0.102. The zero-order chi connectivity index (χ0) is 20.5. The van der Waals surface area contributed by atoms with Crippen molar-refractivity contribution in [2.45, 2.75) is 4.90 Å². The fourth-order valence-electron chi connectivity index (χ4n) is 3.21. The van der Waals surface area contributed by atoms with E-state index in [0.29, 0.717) is 27.3 Å². The molecule has 6 heteroatoms. The van der Waals surface area contributed by atoms with E-state index >= 15 is 0 Å². The first kappa shape index (κ1) is 19.0. The quantitative estimate of drug-likeness (QED) is 0.494. The molecule has 3 aromatic carbocycles. The molecule has 3 aromatic rings. The number of hydrogen-bond donors (Lipinski definition) is 1. The summed E-state index contributed by atoms with van der Waals surface area (Å²) in [7, 11) is 3.35. The second-order valence-corrected chi connectivity index (χ2v) is 7.84. The van der Waals surface area contributed by atoms with Crippen molar-refractivity contribution in [2.24, 2.45) is 0 Å². The fourth-order valence-corrected chi connectivity index (χ4v) is 3.95. The van der Waals surface area contributed by atoms with Gasteiger partial charge in [0.2, 0.25) is 0 Å². The van der Waals surface area contributed by atoms with Gasteiger partial charge in [0.05, 0.1) is 5.69 Å². The highest BCUT2D eigenvalue weighted by atomic mass is 32.2. The first-order chi connectivity index (χ1) is 14.0. The summed E-state index contributed by atoms with van der Waals surface area (Å²) in [5.41, 5.74) is 3.86. The first-order valence-corrected chi connectivity index (χ1v) is 9.85. The zero-order valence-corrected chi connectivity index (χ0v) is 16.7. The van der Waals surface area contributed by atoms with Gasteiger partial charge >= 0.3 is 0 Å². The molecule has 0 aromatic heterocycles. The third-order valence-corrected chi connectivity index (χ3v) is 5.80. The Kier molecular flexibility index (Phi) is 4.94. The van der Waals surface area contributed by atoms with Gasteiger partial charge in [0, 0.05) is 35.7 Å². The number of thioether (sulfide) groups is 1. The van der Waals surface area contributed by atoms with E-state index < -0.39 is 0 Å². The molecule has 0 spiro atoms. The second kappa shape index (κ2) is 7.56. The van der Waals surface area contributed by atoms with E-state index in [9.17, 15) is 14.4 Å². The number of hydrogen-bond acceptors (Lipinski definition) is 4. The van der Waals surface area contributed by atoms with Gasteiger partial charge in [-0.2, -0.15) is 0 Å². The highest BCUT2D eigenvalue weighted by Gasteiger charge is 2.27. The van der Waals surface area contributed by atoms with Crippen molar-refractivity contribution in [3.8, 4) is 11.1 Å². The van der Waals surface area contributed by atoms with Crippen LogP contribution in [0.5, 0.6) is 0 Å². The Balaban J connectivity index is 1.60. The van der Waals surface area contributed by atoms with Gasteiger partial charge in [-0.05, 0) is 47.2 Å². The first-order valence-electron chi connectivity index (χ1n) is 9.03. The second-order valence-electron chi connectivity index (χ2n) is 6.85. The Bertz CT molecular complexity index is 1150. The molecule has 0 fully saturated rings. The average molecular weight is 402 g/mol. The van der Waals surface area contributed by atoms with Crippen molar-refractivity contribution >= 4 is 34.4 Å². The monoisotopic (exact) mass is 402 g/mol. The standard InChI is InChI=1S/C23H18N2O3S/c1-25(2)23(28)29-20-10-6-5-9-19(20)24-22(27)14-11-12-16-15-7-3-4-8-17(15)21(26)18(16)13-14/h3-13H,1-2H3,(H,24,27). The van der Waals surface area contributed by atoms with E-state index in [2.05, 4.69) is 5.32 Å². The molecule has 29 heavy (non-hydrogen) atoms. The van der Waals surface area contributed by atoms with E-state index in [4.69, 9.17) is 0 Å². The molecule has 0 heterocycles. The zero-order valence-electron chi connectivity index (χ0n) is 15.9. The smallest absolute Gasteiger partial charge is 0.286 e. The van der Waals surface area contributed by atoms with Crippen LogP contribution < -0.4 is 5.32 Å². The maximum atomic E-state index is 12.8. The number of nitrogens with zero attached hydrogens (tertiary/aromatic N) is 1. The van der Waals surface area contributed by atoms with Crippen molar-refractivity contribution in [1.82, 2.24) is 4.90 Å². The van der Waals surface area contributed by atoms with E-state index in [0.717, 1.165) is 22.9 Å². The molecule has 1 N–H and O–H groups in total. The molecule has 0 unspecified atom stereocenters. The average Bonchev–Trinajstić information content (AvgIpc) is 3.01. The van der Waals surface area contributed by atoms with Crippen LogP contribution in [-0.4, -0.2) is 35.9 Å². The van der Waals surface area contributed by atoms with Crippen molar-refractivity contribution in [1.29, 1.82) is 0 Å². The lowest BCUT2D eigenvalue weighted by Gasteiger charge is -2.13. The molecule has 0 aliphatic heterocycles. The van der Waals surface area contributed by atoms with Gasteiger partial charge < -0.3 is 10.2 Å². The van der Waals surface area contributed by atoms with Crippen LogP contribution in [0.3, 0.4) is 0 Å². The predicted octanol–water partition coefficient (Wildman–Crippen LogP) is 4.92. The van der Waals surface area contributed by atoms with Gasteiger partial charge in [-0.3, -0.25) is 14.4 Å². The fraction of sp³-hybridized carbons (Fsp3) is 0.0870. The van der Waals surface area contributed by atoms with Gasteiger partial charge in [-0.1, -0.05) is 42.5 Å². The van der Waals surface area contributed by atoms with Crippen LogP contribution in [0.15, 0.2) is 71.6 Å². The number of para-hydroxylation sites is 1. The number of nitrogens with one attached hydrogen (secondary N) is 1. The number of anilines is 1. The van der Waals surface area contributed by atoms with Crippen molar-refractivity contribution in [3.05, 3.63) is 83.4 Å². The van der Waals surface area contributed by atoms with Gasteiger partial charge in [-0.25, -0.2) is 0 Å². The molecule has 0 saturated heterocycles. The summed E-state index contributed by atoms with van der Waals surface area (Å²) in [5.74, 6) is -0.403. The molecule has 0 saturated carbocycles. The molecule has 1 aliphatic rings. The van der Waals surface area contributed by atoms with E-state index in [1.165, 1.54) is 4.90 Å². The third kappa shape index (κ3) is 3.54. The molecule has 0 atom stereocenters. The Morgan fingerprint density at radius 2 is 1.48 bits per heavy atom. The Morgan fingerprint density at radius 3 is 2.24 bits per heavy atom. The van der Waals surface area contributed by atoms with Crippen LogP contribution in [-0.2, 0) is 0 Å². The number of ketones is 1. The van der Waals surface area contributed by atoms with Gasteiger partial charge in [0.25, 0.3) is 11.1 Å². The summed E-state index contributed by atoms with van der Waals surface area (Å²) in [5, 5.41) is 2.72.